The topological polar surface area (TPSA) is 267 Å². The van der Waals surface area contributed by atoms with Crippen LogP contribution >= 0.6 is 22.7 Å². The molecule has 4 aromatic heterocycles. The zero-order valence-corrected chi connectivity index (χ0v) is 38.7. The highest BCUT2D eigenvalue weighted by Gasteiger charge is 2.24. The Hall–Kier alpha value is -6.11. The Kier molecular flexibility index (Phi) is 16.1. The van der Waals surface area contributed by atoms with Crippen LogP contribution in [-0.4, -0.2) is 75.7 Å². The van der Waals surface area contributed by atoms with Crippen molar-refractivity contribution in [2.24, 2.45) is 10.3 Å². The van der Waals surface area contributed by atoms with Gasteiger partial charge in [0.15, 0.2) is 18.7 Å². The van der Waals surface area contributed by atoms with Gasteiger partial charge in [0.05, 0.1) is 40.5 Å². The highest BCUT2D eigenvalue weighted by atomic mass is 32.3. The number of sulfonamides is 2. The van der Waals surface area contributed by atoms with Gasteiger partial charge in [0.2, 0.25) is 31.9 Å². The van der Waals surface area contributed by atoms with Gasteiger partial charge in [-0.05, 0) is 61.4 Å². The van der Waals surface area contributed by atoms with Crippen LogP contribution in [0.2, 0.25) is 0 Å². The van der Waals surface area contributed by atoms with Crippen molar-refractivity contribution >= 4 is 74.9 Å². The lowest BCUT2D eigenvalue weighted by Crippen LogP contribution is -2.27. The molecule has 0 fully saturated rings. The maximum Gasteiger partial charge on any atom is 0.294 e. The van der Waals surface area contributed by atoms with Crippen molar-refractivity contribution in [3.63, 3.8) is 0 Å². The lowest BCUT2D eigenvalue weighted by Gasteiger charge is -2.13. The highest BCUT2D eigenvalue weighted by molar-refractivity contribution is 7.91. The van der Waals surface area contributed by atoms with E-state index in [1.165, 1.54) is 21.9 Å². The monoisotopic (exact) mass is 962 g/mol. The summed E-state index contributed by atoms with van der Waals surface area (Å²) in [6.45, 7) is 3.10. The fourth-order valence-corrected chi connectivity index (χ4v) is 9.95. The number of rotatable bonds is 11. The Morgan fingerprint density at radius 1 is 0.562 bits per heavy atom. The van der Waals surface area contributed by atoms with Crippen molar-refractivity contribution in [1.29, 1.82) is 0 Å². The van der Waals surface area contributed by atoms with Crippen LogP contribution in [0, 0.1) is 13.8 Å². The number of aromatic nitrogens is 4. The van der Waals surface area contributed by atoms with Crippen LogP contribution in [0.15, 0.2) is 141 Å². The Bertz CT molecular complexity index is 2870. The molecule has 17 nitrogen and oxygen atoms in total. The normalized spacial score (nSPS) is 11.4. The fourth-order valence-electron chi connectivity index (χ4n) is 5.60. The molecule has 0 aliphatic carbocycles. The number of aryl methyl sites for hydroxylation is 2. The fraction of sp³-hybridized carbons (Fsp3) is 0.143. The van der Waals surface area contributed by atoms with Gasteiger partial charge in [-0.2, -0.15) is 8.42 Å². The number of anilines is 2. The molecule has 64 heavy (non-hydrogen) atoms. The Balaban J connectivity index is 0.000000199. The van der Waals surface area contributed by atoms with E-state index >= 15 is 0 Å². The Labute approximate surface area is 379 Å². The summed E-state index contributed by atoms with van der Waals surface area (Å²) in [5.41, 5.74) is 5.91. The molecule has 0 saturated heterocycles. The molecule has 0 bridgehead atoms. The number of hydrogen-bond acceptors (Lipinski definition) is 14. The second-order valence-electron chi connectivity index (χ2n) is 13.7. The third-order valence-electron chi connectivity index (χ3n) is 8.91. The van der Waals surface area contributed by atoms with Crippen LogP contribution in [0.1, 0.15) is 22.5 Å². The van der Waals surface area contributed by atoms with Gasteiger partial charge in [-0.1, -0.05) is 102 Å². The van der Waals surface area contributed by atoms with Crippen molar-refractivity contribution < 1.29 is 39.4 Å². The third kappa shape index (κ3) is 13.5. The summed E-state index contributed by atoms with van der Waals surface area (Å²) in [6.07, 6.45) is 3.80. The number of benzene rings is 3. The van der Waals surface area contributed by atoms with Gasteiger partial charge in [0.1, 0.15) is 0 Å². The minimum atomic E-state index is -4.00. The van der Waals surface area contributed by atoms with Crippen LogP contribution in [0.25, 0.3) is 22.5 Å². The molecular formula is C42H42N8O9S5. The molecule has 0 spiro atoms. The number of primary sulfonamides is 2. The van der Waals surface area contributed by atoms with Crippen molar-refractivity contribution in [3.8, 4) is 22.5 Å². The number of carbonyl (C=O) groups excluding carboxylic acids is 2. The van der Waals surface area contributed by atoms with Crippen LogP contribution < -0.4 is 20.1 Å². The number of carbonyl (C=O) groups is 2. The summed E-state index contributed by atoms with van der Waals surface area (Å²) >= 11 is 1.77. The van der Waals surface area contributed by atoms with E-state index in [9.17, 15) is 34.8 Å². The molecule has 5 N–H and O–H groups in total. The van der Waals surface area contributed by atoms with E-state index in [-0.39, 0.29) is 49.4 Å². The lowest BCUT2D eigenvalue weighted by atomic mass is 10.1. The number of pyridine rings is 2. The average Bonchev–Trinajstić information content (AvgIpc) is 3.88. The number of likely N-dealkylation sites (N-methyl/N-ethyl adjacent to an activating group) is 2. The summed E-state index contributed by atoms with van der Waals surface area (Å²) in [5, 5.41) is 10.9. The van der Waals surface area contributed by atoms with Crippen LogP contribution in [0.3, 0.4) is 0 Å². The SMILES string of the molecule is Cc1nc(N(C)C(=O)Cc2ccc(-c3ccccn3)cc2)sc1S(N)(=O)=O.Cc1nc(N(C)C(=O)Cc2ccc(-c3ccccn3)cc2)sc1S(N)(=O)=O.O=S(=O)(O)c1ccccc1. The maximum atomic E-state index is 12.5. The average molecular weight is 963 g/mol. The molecular weight excluding hydrogens is 921 g/mol. The molecule has 22 heteroatoms. The standard InChI is InChI=1S/2C18H18N4O3S2.C6H6O3S/c2*1-12-17(27(19,24)25)26-18(21-12)22(2)16(23)11-13-6-8-14(9-7-13)15-5-3-4-10-20-15;7-10(8,9)6-4-2-1-3-5-6/h2*3-10H,11H2,1-2H3,(H2,19,24,25);1-5H,(H,7,8,9). The van der Waals surface area contributed by atoms with Gasteiger partial charge in [-0.15, -0.1) is 0 Å². The van der Waals surface area contributed by atoms with E-state index in [1.54, 1.807) is 58.5 Å². The summed E-state index contributed by atoms with van der Waals surface area (Å²) in [6, 6.07) is 34.0. The second-order valence-corrected chi connectivity index (χ2v) is 20.6. The van der Waals surface area contributed by atoms with Crippen molar-refractivity contribution in [1.82, 2.24) is 19.9 Å². The molecule has 0 unspecified atom stereocenters. The van der Waals surface area contributed by atoms with E-state index < -0.39 is 30.2 Å². The molecule has 334 valence electrons. The first-order valence-electron chi connectivity index (χ1n) is 18.7. The number of thiazole rings is 2. The molecule has 0 saturated carbocycles. The zero-order chi connectivity index (χ0) is 46.8. The van der Waals surface area contributed by atoms with E-state index in [0.717, 1.165) is 56.3 Å². The summed E-state index contributed by atoms with van der Waals surface area (Å²) < 4.78 is 75.3. The number of nitrogens with two attached hydrogens (primary N) is 2. The molecule has 0 radical (unpaired) electrons. The minimum absolute atomic E-state index is 0.0307. The largest absolute Gasteiger partial charge is 0.294 e. The van der Waals surface area contributed by atoms with Gasteiger partial charge in [-0.3, -0.25) is 33.9 Å². The van der Waals surface area contributed by atoms with Crippen LogP contribution in [0.4, 0.5) is 10.3 Å². The van der Waals surface area contributed by atoms with E-state index in [0.29, 0.717) is 10.3 Å². The predicted molar refractivity (Wildman–Crippen MR) is 246 cm³/mol. The smallest absolute Gasteiger partial charge is 0.291 e. The van der Waals surface area contributed by atoms with Crippen molar-refractivity contribution in [2.45, 2.75) is 40.0 Å². The summed E-state index contributed by atoms with van der Waals surface area (Å²) in [5.74, 6) is -0.398. The van der Waals surface area contributed by atoms with Gasteiger partial charge < -0.3 is 0 Å². The first-order valence-corrected chi connectivity index (χ1v) is 24.8. The molecule has 7 rings (SSSR count). The second kappa shape index (κ2) is 21.0. The molecule has 0 aliphatic heterocycles. The van der Waals surface area contributed by atoms with Crippen LogP contribution in [0.5, 0.6) is 0 Å². The Morgan fingerprint density at radius 3 is 1.20 bits per heavy atom. The third-order valence-corrected chi connectivity index (χ3v) is 15.3. The quantitative estimate of drug-likeness (QED) is 0.132. The van der Waals surface area contributed by atoms with Gasteiger partial charge in [0, 0.05) is 37.6 Å². The predicted octanol–water partition coefficient (Wildman–Crippen LogP) is 5.67. The summed E-state index contributed by atoms with van der Waals surface area (Å²) in [7, 11) is -8.57. The number of nitrogens with zero attached hydrogens (tertiary/aromatic N) is 6. The maximum absolute atomic E-state index is 12.5. The van der Waals surface area contributed by atoms with Crippen molar-refractivity contribution in [2.75, 3.05) is 23.9 Å². The van der Waals surface area contributed by atoms with Crippen LogP contribution in [-0.2, 0) is 52.6 Å². The van der Waals surface area contributed by atoms with Gasteiger partial charge in [0.25, 0.3) is 10.1 Å². The zero-order valence-electron chi connectivity index (χ0n) is 34.6. The van der Waals surface area contributed by atoms with Gasteiger partial charge >= 0.3 is 0 Å². The molecule has 0 aliphatic rings. The van der Waals surface area contributed by atoms with E-state index in [2.05, 4.69) is 19.9 Å². The molecule has 4 heterocycles. The molecule has 0 atom stereocenters. The number of amides is 2. The first kappa shape index (κ1) is 48.9. The Morgan fingerprint density at radius 2 is 0.922 bits per heavy atom. The first-order chi connectivity index (χ1) is 30.1. The highest BCUT2D eigenvalue weighted by Crippen LogP contribution is 2.30. The molecule has 7 aromatic rings. The summed E-state index contributed by atoms with van der Waals surface area (Å²) in [4.78, 5) is 44.6. The molecule has 3 aromatic carbocycles. The van der Waals surface area contributed by atoms with E-state index in [1.807, 2.05) is 84.9 Å². The minimum Gasteiger partial charge on any atom is -0.291 e. The lowest BCUT2D eigenvalue weighted by molar-refractivity contribution is -0.118. The molecule has 2 amide bonds. The number of hydrogen-bond donors (Lipinski definition) is 3. The van der Waals surface area contributed by atoms with Gasteiger partial charge in [-0.25, -0.2) is 37.1 Å². The van der Waals surface area contributed by atoms with Crippen molar-refractivity contribution in [3.05, 3.63) is 150 Å². The van der Waals surface area contributed by atoms with E-state index in [4.69, 9.17) is 14.8 Å².